The van der Waals surface area contributed by atoms with E-state index in [9.17, 15) is 19.2 Å². The van der Waals surface area contributed by atoms with Gasteiger partial charge in [0.2, 0.25) is 5.91 Å². The number of rotatable bonds is 7. The van der Waals surface area contributed by atoms with Gasteiger partial charge < -0.3 is 15.4 Å². The highest BCUT2D eigenvalue weighted by atomic mass is 32.2. The van der Waals surface area contributed by atoms with Gasteiger partial charge in [-0.15, -0.1) is 0 Å². The molecule has 2 atom stereocenters. The summed E-state index contributed by atoms with van der Waals surface area (Å²) in [6.45, 7) is 1.32. The molecule has 8 nitrogen and oxygen atoms in total. The quantitative estimate of drug-likeness (QED) is 0.660. The van der Waals surface area contributed by atoms with Crippen LogP contribution in [-0.4, -0.2) is 44.6 Å². The molecular weight excluding hydrogens is 346 g/mol. The van der Waals surface area contributed by atoms with E-state index in [1.807, 2.05) is 6.26 Å². The number of carboxylic acid groups (broad SMARTS) is 1. The molecule has 1 amide bonds. The first-order chi connectivity index (χ1) is 11.9. The summed E-state index contributed by atoms with van der Waals surface area (Å²) in [6.07, 6.45) is 2.06. The van der Waals surface area contributed by atoms with Gasteiger partial charge >= 0.3 is 11.7 Å². The number of nitrogens with zero attached hydrogens (tertiary/aromatic N) is 1. The van der Waals surface area contributed by atoms with Crippen LogP contribution in [0.15, 0.2) is 33.9 Å². The molecule has 0 radical (unpaired) electrons. The van der Waals surface area contributed by atoms with Gasteiger partial charge in [-0.2, -0.15) is 11.8 Å². The number of aromatic amines is 1. The van der Waals surface area contributed by atoms with Crippen LogP contribution in [0.25, 0.3) is 10.9 Å². The van der Waals surface area contributed by atoms with Crippen LogP contribution < -0.4 is 16.6 Å². The number of amides is 1. The van der Waals surface area contributed by atoms with Gasteiger partial charge in [0, 0.05) is 0 Å². The smallest absolute Gasteiger partial charge is 0.329 e. The molecule has 1 heterocycles. The maximum absolute atomic E-state index is 12.7. The Morgan fingerprint density at radius 1 is 1.32 bits per heavy atom. The fourth-order valence-corrected chi connectivity index (χ4v) is 2.90. The van der Waals surface area contributed by atoms with E-state index in [1.54, 1.807) is 24.3 Å². The summed E-state index contributed by atoms with van der Waals surface area (Å²) >= 11 is 1.46. The minimum atomic E-state index is -1.20. The lowest BCUT2D eigenvalue weighted by atomic mass is 10.1. The molecule has 2 rings (SSSR count). The van der Waals surface area contributed by atoms with Crippen LogP contribution in [0.4, 0.5) is 0 Å². The van der Waals surface area contributed by atoms with Crippen molar-refractivity contribution < 1.29 is 14.7 Å². The number of H-pyrrole nitrogens is 1. The average Bonchev–Trinajstić information content (AvgIpc) is 2.57. The Balaban J connectivity index is 2.53. The minimum absolute atomic E-state index is 0.223. The number of aromatic nitrogens is 2. The minimum Gasteiger partial charge on any atom is -0.480 e. The van der Waals surface area contributed by atoms with Crippen molar-refractivity contribution in [2.45, 2.75) is 25.4 Å². The Hall–Kier alpha value is -2.55. The standard InChI is InChI=1S/C16H19N3O5S/c1-9(15(22)23)17-13(20)12(7-8-25-2)19-14(21)10-5-3-4-6-11(10)18-16(19)24/h3-6,9,12H,7-8H2,1-2H3,(H,17,20)(H,18,24)(H,22,23). The number of carboxylic acids is 1. The van der Waals surface area contributed by atoms with Gasteiger partial charge in [0.1, 0.15) is 12.1 Å². The molecule has 0 saturated carbocycles. The highest BCUT2D eigenvalue weighted by molar-refractivity contribution is 7.98. The summed E-state index contributed by atoms with van der Waals surface area (Å²) < 4.78 is 0.864. The van der Waals surface area contributed by atoms with Crippen molar-refractivity contribution in [2.24, 2.45) is 0 Å². The number of thioether (sulfide) groups is 1. The summed E-state index contributed by atoms with van der Waals surface area (Å²) in [5, 5.41) is 11.6. The van der Waals surface area contributed by atoms with Crippen molar-refractivity contribution in [1.29, 1.82) is 0 Å². The molecule has 1 aromatic carbocycles. The molecule has 2 unspecified atom stereocenters. The number of nitrogens with one attached hydrogen (secondary N) is 2. The lowest BCUT2D eigenvalue weighted by Gasteiger charge is -2.20. The molecule has 0 bridgehead atoms. The number of fused-ring (bicyclic) bond motifs is 1. The van der Waals surface area contributed by atoms with Crippen LogP contribution in [0.5, 0.6) is 0 Å². The van der Waals surface area contributed by atoms with Crippen LogP contribution in [0.3, 0.4) is 0 Å². The predicted molar refractivity (Wildman–Crippen MR) is 96.1 cm³/mol. The summed E-state index contributed by atoms with van der Waals surface area (Å²) in [4.78, 5) is 51.2. The Morgan fingerprint density at radius 3 is 2.64 bits per heavy atom. The van der Waals surface area contributed by atoms with Crippen LogP contribution in [0, 0.1) is 0 Å². The summed E-state index contributed by atoms with van der Waals surface area (Å²) in [6, 6.07) is 4.30. The van der Waals surface area contributed by atoms with E-state index in [2.05, 4.69) is 10.3 Å². The second kappa shape index (κ2) is 8.02. The second-order valence-corrected chi connectivity index (χ2v) is 6.50. The van der Waals surface area contributed by atoms with Crippen LogP contribution >= 0.6 is 11.8 Å². The molecular formula is C16H19N3O5S. The Kier molecular flexibility index (Phi) is 6.02. The number of para-hydroxylation sites is 1. The van der Waals surface area contributed by atoms with Crippen LogP contribution in [0.1, 0.15) is 19.4 Å². The first-order valence-corrected chi connectivity index (χ1v) is 9.02. The van der Waals surface area contributed by atoms with E-state index in [0.717, 1.165) is 4.57 Å². The van der Waals surface area contributed by atoms with E-state index in [1.165, 1.54) is 18.7 Å². The highest BCUT2D eigenvalue weighted by Gasteiger charge is 2.27. The van der Waals surface area contributed by atoms with Crippen molar-refractivity contribution in [3.05, 3.63) is 45.1 Å². The third-order valence-electron chi connectivity index (χ3n) is 3.78. The summed E-state index contributed by atoms with van der Waals surface area (Å²) in [7, 11) is 0. The maximum atomic E-state index is 12.7. The zero-order valence-corrected chi connectivity index (χ0v) is 14.6. The Morgan fingerprint density at radius 2 is 2.00 bits per heavy atom. The van der Waals surface area contributed by atoms with Gasteiger partial charge in [-0.3, -0.25) is 14.4 Å². The number of carbonyl (C=O) groups is 2. The molecule has 2 aromatic rings. The zero-order chi connectivity index (χ0) is 18.6. The Bertz CT molecular complexity index is 905. The van der Waals surface area contributed by atoms with Crippen molar-refractivity contribution in [2.75, 3.05) is 12.0 Å². The number of carbonyl (C=O) groups excluding carboxylic acids is 1. The first kappa shape index (κ1) is 18.8. The third-order valence-corrected chi connectivity index (χ3v) is 4.42. The van der Waals surface area contributed by atoms with Crippen LogP contribution in [0.2, 0.25) is 0 Å². The molecule has 1 aromatic heterocycles. The average molecular weight is 365 g/mol. The lowest BCUT2D eigenvalue weighted by Crippen LogP contribution is -2.48. The van der Waals surface area contributed by atoms with Gasteiger partial charge in [-0.25, -0.2) is 9.36 Å². The molecule has 0 saturated heterocycles. The lowest BCUT2D eigenvalue weighted by molar-refractivity contribution is -0.141. The molecule has 3 N–H and O–H groups in total. The largest absolute Gasteiger partial charge is 0.480 e. The maximum Gasteiger partial charge on any atom is 0.329 e. The zero-order valence-electron chi connectivity index (χ0n) is 13.8. The second-order valence-electron chi connectivity index (χ2n) is 5.52. The normalized spacial score (nSPS) is 13.4. The van der Waals surface area contributed by atoms with Gasteiger partial charge in [-0.1, -0.05) is 12.1 Å². The molecule has 9 heteroatoms. The molecule has 0 aliphatic carbocycles. The van der Waals surface area contributed by atoms with E-state index < -0.39 is 35.2 Å². The predicted octanol–water partition coefficient (Wildman–Crippen LogP) is 0.573. The molecule has 0 aliphatic heterocycles. The van der Waals surface area contributed by atoms with E-state index >= 15 is 0 Å². The van der Waals surface area contributed by atoms with Gasteiger partial charge in [0.25, 0.3) is 5.56 Å². The number of hydrogen-bond donors (Lipinski definition) is 3. The molecule has 25 heavy (non-hydrogen) atoms. The summed E-state index contributed by atoms with van der Waals surface area (Å²) in [5.41, 5.74) is -0.895. The van der Waals surface area contributed by atoms with Gasteiger partial charge in [0.05, 0.1) is 10.9 Å². The van der Waals surface area contributed by atoms with Crippen molar-refractivity contribution in [3.63, 3.8) is 0 Å². The molecule has 0 spiro atoms. The van der Waals surface area contributed by atoms with E-state index in [0.29, 0.717) is 11.3 Å². The number of hydrogen-bond acceptors (Lipinski definition) is 5. The number of benzene rings is 1. The third kappa shape index (κ3) is 4.11. The molecule has 0 fully saturated rings. The SMILES string of the molecule is CSCCC(C(=O)NC(C)C(=O)O)n1c(=O)[nH]c2ccccc2c1=O. The monoisotopic (exact) mass is 365 g/mol. The fraction of sp³-hybridized carbons (Fsp3) is 0.375. The Labute approximate surface area is 147 Å². The first-order valence-electron chi connectivity index (χ1n) is 7.62. The fourth-order valence-electron chi connectivity index (χ4n) is 2.44. The molecule has 0 aliphatic rings. The topological polar surface area (TPSA) is 121 Å². The van der Waals surface area contributed by atoms with Gasteiger partial charge in [-0.05, 0) is 37.5 Å². The van der Waals surface area contributed by atoms with Crippen molar-refractivity contribution in [1.82, 2.24) is 14.9 Å². The van der Waals surface area contributed by atoms with Crippen molar-refractivity contribution >= 4 is 34.5 Å². The summed E-state index contributed by atoms with van der Waals surface area (Å²) in [5.74, 6) is -1.35. The van der Waals surface area contributed by atoms with E-state index in [4.69, 9.17) is 5.11 Å². The number of aliphatic carboxylic acids is 1. The van der Waals surface area contributed by atoms with Crippen LogP contribution in [-0.2, 0) is 9.59 Å². The van der Waals surface area contributed by atoms with Crippen molar-refractivity contribution in [3.8, 4) is 0 Å². The molecule has 134 valence electrons. The van der Waals surface area contributed by atoms with Gasteiger partial charge in [0.15, 0.2) is 0 Å². The van der Waals surface area contributed by atoms with E-state index in [-0.39, 0.29) is 11.8 Å². The highest BCUT2D eigenvalue weighted by Crippen LogP contribution is 2.13.